The van der Waals surface area contributed by atoms with Crippen molar-refractivity contribution >= 4 is 5.91 Å². The molecule has 0 bridgehead atoms. The average molecular weight is 388 g/mol. The first-order valence-corrected chi connectivity index (χ1v) is 10.4. The Kier molecular flexibility index (Phi) is 7.08. The van der Waals surface area contributed by atoms with Crippen molar-refractivity contribution in [2.24, 2.45) is 0 Å². The Morgan fingerprint density at radius 3 is 2.59 bits per heavy atom. The maximum Gasteiger partial charge on any atom is 0.263 e. The minimum Gasteiger partial charge on any atom is -0.389 e. The third-order valence-electron chi connectivity index (χ3n) is 5.51. The van der Waals surface area contributed by atoms with Crippen molar-refractivity contribution in [2.45, 2.75) is 52.0 Å². The number of nitriles is 1. The van der Waals surface area contributed by atoms with E-state index in [0.717, 1.165) is 24.8 Å². The van der Waals surface area contributed by atoms with Crippen LogP contribution in [0.25, 0.3) is 0 Å². The first-order chi connectivity index (χ1) is 14.1. The molecule has 1 atom stereocenters. The lowest BCUT2D eigenvalue weighted by Gasteiger charge is -2.20. The Bertz CT molecular complexity index is 922. The number of carbonyl (C=O) groups excluding carboxylic acids is 1. The minimum atomic E-state index is -0.347. The van der Waals surface area contributed by atoms with E-state index in [2.05, 4.69) is 60.0 Å². The summed E-state index contributed by atoms with van der Waals surface area (Å²) in [5, 5.41) is 15.4. The van der Waals surface area contributed by atoms with Gasteiger partial charge in [-0.2, -0.15) is 5.26 Å². The van der Waals surface area contributed by atoms with Gasteiger partial charge in [-0.25, -0.2) is 0 Å². The molecule has 150 valence electrons. The first-order valence-electron chi connectivity index (χ1n) is 10.4. The number of fused-ring (bicyclic) bond motifs is 1. The van der Waals surface area contributed by atoms with Crippen LogP contribution >= 0.6 is 0 Å². The van der Waals surface area contributed by atoms with E-state index >= 15 is 0 Å². The van der Waals surface area contributed by atoms with Crippen molar-refractivity contribution in [3.05, 3.63) is 82.1 Å². The molecule has 0 fully saturated rings. The van der Waals surface area contributed by atoms with Crippen molar-refractivity contribution in [1.82, 2.24) is 10.6 Å². The number of nitrogens with one attached hydrogen (secondary N) is 2. The van der Waals surface area contributed by atoms with Crippen LogP contribution in [0.15, 0.2) is 54.2 Å². The van der Waals surface area contributed by atoms with E-state index < -0.39 is 0 Å². The van der Waals surface area contributed by atoms with E-state index in [-0.39, 0.29) is 17.5 Å². The molecule has 0 saturated carbocycles. The van der Waals surface area contributed by atoms with Gasteiger partial charge >= 0.3 is 0 Å². The highest BCUT2D eigenvalue weighted by molar-refractivity contribution is 5.97. The number of nitrogens with zero attached hydrogens (tertiary/aromatic N) is 1. The summed E-state index contributed by atoms with van der Waals surface area (Å²) in [6.07, 6.45) is 7.09. The number of hydrogen-bond acceptors (Lipinski definition) is 3. The number of hydrogen-bond donors (Lipinski definition) is 2. The lowest BCUT2D eigenvalue weighted by atomic mass is 9.89. The van der Waals surface area contributed by atoms with Crippen LogP contribution in [0.2, 0.25) is 0 Å². The van der Waals surface area contributed by atoms with E-state index in [0.29, 0.717) is 6.54 Å². The summed E-state index contributed by atoms with van der Waals surface area (Å²) >= 11 is 0. The van der Waals surface area contributed by atoms with Crippen LogP contribution in [0.3, 0.4) is 0 Å². The molecule has 0 radical (unpaired) electrons. The molecule has 0 spiro atoms. The Labute approximate surface area is 173 Å². The molecule has 1 aliphatic carbocycles. The van der Waals surface area contributed by atoms with Crippen LogP contribution in [-0.2, 0) is 24.1 Å². The van der Waals surface area contributed by atoms with Gasteiger partial charge in [0.05, 0.1) is 6.04 Å². The van der Waals surface area contributed by atoms with Crippen molar-refractivity contribution in [2.75, 3.05) is 6.54 Å². The lowest BCUT2D eigenvalue weighted by molar-refractivity contribution is -0.117. The molecule has 2 aromatic rings. The molecule has 0 saturated heterocycles. The quantitative estimate of drug-likeness (QED) is 0.423. The second kappa shape index (κ2) is 9.93. The lowest BCUT2D eigenvalue weighted by Crippen LogP contribution is -2.29. The fraction of sp³-hybridized carbons (Fsp3) is 0.360. The number of aryl methyl sites for hydroxylation is 3. The molecule has 0 aromatic heterocycles. The van der Waals surface area contributed by atoms with E-state index in [1.54, 1.807) is 0 Å². The van der Waals surface area contributed by atoms with Crippen molar-refractivity contribution in [3.8, 4) is 6.07 Å². The van der Waals surface area contributed by atoms with Gasteiger partial charge in [0.25, 0.3) is 5.91 Å². The highest BCUT2D eigenvalue weighted by atomic mass is 16.1. The van der Waals surface area contributed by atoms with Crippen molar-refractivity contribution < 1.29 is 4.79 Å². The molecule has 4 heteroatoms. The zero-order chi connectivity index (χ0) is 20.6. The summed E-state index contributed by atoms with van der Waals surface area (Å²) in [6, 6.07) is 16.7. The van der Waals surface area contributed by atoms with Crippen LogP contribution in [-0.4, -0.2) is 12.5 Å². The van der Waals surface area contributed by atoms with Crippen LogP contribution in [0.5, 0.6) is 0 Å². The molecule has 3 rings (SSSR count). The molecule has 4 nitrogen and oxygen atoms in total. The Morgan fingerprint density at radius 1 is 1.14 bits per heavy atom. The molecule has 29 heavy (non-hydrogen) atoms. The highest BCUT2D eigenvalue weighted by Crippen LogP contribution is 2.24. The van der Waals surface area contributed by atoms with E-state index in [1.165, 1.54) is 41.3 Å². The molecule has 1 amide bonds. The third kappa shape index (κ3) is 5.71. The molecule has 2 N–H and O–H groups in total. The number of carbonyl (C=O) groups is 1. The summed E-state index contributed by atoms with van der Waals surface area (Å²) in [4.78, 5) is 12.5. The fourth-order valence-electron chi connectivity index (χ4n) is 3.67. The molecule has 0 aliphatic heterocycles. The van der Waals surface area contributed by atoms with E-state index in [9.17, 15) is 10.1 Å². The van der Waals surface area contributed by atoms with Gasteiger partial charge in [0.15, 0.2) is 0 Å². The maximum atomic E-state index is 12.5. The zero-order valence-corrected chi connectivity index (χ0v) is 17.3. The fourth-order valence-corrected chi connectivity index (χ4v) is 3.67. The Morgan fingerprint density at radius 2 is 1.86 bits per heavy atom. The zero-order valence-electron chi connectivity index (χ0n) is 17.3. The number of benzene rings is 2. The summed E-state index contributed by atoms with van der Waals surface area (Å²) in [6.45, 7) is 4.69. The van der Waals surface area contributed by atoms with E-state index in [4.69, 9.17) is 0 Å². The molecule has 2 aromatic carbocycles. The van der Waals surface area contributed by atoms with Gasteiger partial charge < -0.3 is 10.6 Å². The standard InChI is InChI=1S/C25H29N3O/c1-18-7-9-20(10-8-18)13-14-27-17-24(16-26)25(29)28-19(2)22-12-11-21-5-3-4-6-23(21)15-22/h7-12,15,17,19,27H,3-6,13-14H2,1-2H3,(H,28,29)/b24-17-. The van der Waals surface area contributed by atoms with Crippen LogP contribution in [0.1, 0.15) is 53.6 Å². The average Bonchev–Trinajstić information content (AvgIpc) is 2.74. The second-order valence-electron chi connectivity index (χ2n) is 7.79. The van der Waals surface area contributed by atoms with Gasteiger partial charge in [0, 0.05) is 12.7 Å². The number of rotatable bonds is 7. The predicted octanol–water partition coefficient (Wildman–Crippen LogP) is 4.29. The van der Waals surface area contributed by atoms with Gasteiger partial charge in [-0.3, -0.25) is 4.79 Å². The van der Waals surface area contributed by atoms with Gasteiger partial charge in [0.1, 0.15) is 11.6 Å². The number of amides is 1. The van der Waals surface area contributed by atoms with Gasteiger partial charge in [-0.15, -0.1) is 0 Å². The topological polar surface area (TPSA) is 64.9 Å². The van der Waals surface area contributed by atoms with Crippen molar-refractivity contribution in [3.63, 3.8) is 0 Å². The molecule has 1 unspecified atom stereocenters. The normalized spacial score (nSPS) is 14.4. The van der Waals surface area contributed by atoms with Crippen LogP contribution in [0.4, 0.5) is 0 Å². The molecular formula is C25H29N3O. The molecular weight excluding hydrogens is 358 g/mol. The van der Waals surface area contributed by atoms with E-state index in [1.807, 2.05) is 13.0 Å². The van der Waals surface area contributed by atoms with Gasteiger partial charge in [-0.05, 0) is 68.2 Å². The molecule has 1 aliphatic rings. The Hall–Kier alpha value is -3.06. The second-order valence-corrected chi connectivity index (χ2v) is 7.79. The van der Waals surface area contributed by atoms with Crippen molar-refractivity contribution in [1.29, 1.82) is 5.26 Å². The summed E-state index contributed by atoms with van der Waals surface area (Å²) in [5.74, 6) is -0.347. The largest absolute Gasteiger partial charge is 0.389 e. The Balaban J connectivity index is 1.54. The van der Waals surface area contributed by atoms with Gasteiger partial charge in [0.2, 0.25) is 0 Å². The van der Waals surface area contributed by atoms with Crippen LogP contribution in [0, 0.1) is 18.3 Å². The smallest absolute Gasteiger partial charge is 0.263 e. The summed E-state index contributed by atoms with van der Waals surface area (Å²) in [5.41, 5.74) is 6.46. The summed E-state index contributed by atoms with van der Waals surface area (Å²) in [7, 11) is 0. The third-order valence-corrected chi connectivity index (χ3v) is 5.51. The minimum absolute atomic E-state index is 0.0960. The maximum absolute atomic E-state index is 12.5. The predicted molar refractivity (Wildman–Crippen MR) is 116 cm³/mol. The SMILES string of the molecule is Cc1ccc(CCN/C=C(/C#N)C(=O)NC(C)c2ccc3c(c2)CCCC3)cc1. The highest BCUT2D eigenvalue weighted by Gasteiger charge is 2.16. The van der Waals surface area contributed by atoms with Crippen LogP contribution < -0.4 is 10.6 Å². The summed E-state index contributed by atoms with van der Waals surface area (Å²) < 4.78 is 0. The first kappa shape index (κ1) is 20.7. The van der Waals surface area contributed by atoms with Gasteiger partial charge in [-0.1, -0.05) is 48.0 Å². The monoisotopic (exact) mass is 387 g/mol. The molecule has 0 heterocycles.